The molecular formula is C12H16N2O4. The van der Waals surface area contributed by atoms with E-state index in [2.05, 4.69) is 5.43 Å². The number of benzene rings is 1. The summed E-state index contributed by atoms with van der Waals surface area (Å²) >= 11 is 0. The minimum atomic E-state index is -0.748. The summed E-state index contributed by atoms with van der Waals surface area (Å²) in [5.41, 5.74) is 3.42. The van der Waals surface area contributed by atoms with E-state index in [-0.39, 0.29) is 0 Å². The highest BCUT2D eigenvalue weighted by Gasteiger charge is 2.33. The van der Waals surface area contributed by atoms with Crippen LogP contribution in [0.4, 0.5) is 10.5 Å². The van der Waals surface area contributed by atoms with Gasteiger partial charge in [0.2, 0.25) is 0 Å². The van der Waals surface area contributed by atoms with Crippen LogP contribution in [0.5, 0.6) is 5.75 Å². The van der Waals surface area contributed by atoms with E-state index in [4.69, 9.17) is 14.2 Å². The maximum atomic E-state index is 11.7. The first-order chi connectivity index (χ1) is 8.76. The normalized spacial score (nSPS) is 18.9. The van der Waals surface area contributed by atoms with Crippen LogP contribution in [-0.2, 0) is 9.47 Å². The predicted octanol–water partition coefficient (Wildman–Crippen LogP) is 1.87. The molecule has 0 bridgehead atoms. The fourth-order valence-corrected chi connectivity index (χ4v) is 1.61. The van der Waals surface area contributed by atoms with Crippen molar-refractivity contribution in [2.45, 2.75) is 19.8 Å². The number of rotatable bonds is 5. The Morgan fingerprint density at radius 2 is 2.22 bits per heavy atom. The molecule has 1 heterocycles. The van der Waals surface area contributed by atoms with Crippen LogP contribution >= 0.6 is 0 Å². The van der Waals surface area contributed by atoms with Crippen molar-refractivity contribution in [2.24, 2.45) is 0 Å². The lowest BCUT2D eigenvalue weighted by molar-refractivity contribution is -0.0966. The van der Waals surface area contributed by atoms with Crippen molar-refractivity contribution in [3.8, 4) is 5.75 Å². The number of amides is 1. The molecule has 1 unspecified atom stereocenters. The van der Waals surface area contributed by atoms with E-state index in [0.717, 1.165) is 6.42 Å². The van der Waals surface area contributed by atoms with Gasteiger partial charge >= 0.3 is 6.09 Å². The van der Waals surface area contributed by atoms with Gasteiger partial charge in [0.05, 0.1) is 13.7 Å². The Balaban J connectivity index is 2.11. The fourth-order valence-electron chi connectivity index (χ4n) is 1.61. The van der Waals surface area contributed by atoms with E-state index < -0.39 is 12.5 Å². The van der Waals surface area contributed by atoms with Crippen LogP contribution in [0.3, 0.4) is 0 Å². The third kappa shape index (κ3) is 2.55. The highest BCUT2D eigenvalue weighted by atomic mass is 16.7. The fraction of sp³-hybridized carbons (Fsp3) is 0.417. The quantitative estimate of drug-likeness (QED) is 0.866. The van der Waals surface area contributed by atoms with Crippen LogP contribution in [0.15, 0.2) is 24.3 Å². The third-order valence-electron chi connectivity index (χ3n) is 2.42. The Morgan fingerprint density at radius 3 is 2.94 bits per heavy atom. The van der Waals surface area contributed by atoms with Crippen LogP contribution in [0.25, 0.3) is 0 Å². The number of carbonyl (C=O) groups excluding carboxylic acids is 1. The van der Waals surface area contributed by atoms with Crippen molar-refractivity contribution in [1.82, 2.24) is 5.43 Å². The maximum absolute atomic E-state index is 11.7. The number of ether oxygens (including phenoxy) is 3. The summed E-state index contributed by atoms with van der Waals surface area (Å²) in [4.78, 5) is 11.7. The molecule has 0 aliphatic carbocycles. The molecule has 1 aliphatic heterocycles. The number of hydrogen-bond donors (Lipinski definition) is 1. The average molecular weight is 252 g/mol. The Labute approximate surface area is 105 Å². The zero-order valence-electron chi connectivity index (χ0n) is 10.4. The first-order valence-corrected chi connectivity index (χ1v) is 5.77. The molecule has 1 aliphatic rings. The molecule has 0 saturated carbocycles. The molecule has 98 valence electrons. The average Bonchev–Trinajstić information content (AvgIpc) is 2.77. The number of nitrogens with one attached hydrogen (secondary N) is 1. The number of nitrogens with zero attached hydrogens (tertiary/aromatic N) is 1. The SMILES string of the molecule is CCCOC1NN(c2ccccc2OC)C(=O)O1. The number of methoxy groups -OCH3 is 1. The number of carbonyl (C=O) groups is 1. The van der Waals surface area contributed by atoms with Crippen LogP contribution < -0.4 is 15.2 Å². The largest absolute Gasteiger partial charge is 0.495 e. The molecule has 1 atom stereocenters. The number of cyclic esters (lactones) is 1. The lowest BCUT2D eigenvalue weighted by Crippen LogP contribution is -2.38. The summed E-state index contributed by atoms with van der Waals surface area (Å²) < 4.78 is 15.5. The highest BCUT2D eigenvalue weighted by Crippen LogP contribution is 2.29. The van der Waals surface area contributed by atoms with Crippen molar-refractivity contribution in [3.05, 3.63) is 24.3 Å². The zero-order chi connectivity index (χ0) is 13.0. The molecule has 6 heteroatoms. The Hall–Kier alpha value is -1.79. The van der Waals surface area contributed by atoms with Crippen molar-refractivity contribution in [1.29, 1.82) is 0 Å². The van der Waals surface area contributed by atoms with E-state index in [1.54, 1.807) is 19.2 Å². The van der Waals surface area contributed by atoms with Crippen molar-refractivity contribution in [3.63, 3.8) is 0 Å². The van der Waals surface area contributed by atoms with Crippen molar-refractivity contribution >= 4 is 11.8 Å². The zero-order valence-corrected chi connectivity index (χ0v) is 10.4. The minimum absolute atomic E-state index is 0.513. The van der Waals surface area contributed by atoms with Gasteiger partial charge in [0, 0.05) is 0 Å². The molecular weight excluding hydrogens is 236 g/mol. The Morgan fingerprint density at radius 1 is 1.44 bits per heavy atom. The summed E-state index contributed by atoms with van der Waals surface area (Å²) in [6, 6.07) is 7.17. The number of para-hydroxylation sites is 2. The second-order valence-electron chi connectivity index (χ2n) is 3.72. The molecule has 1 N–H and O–H groups in total. The molecule has 6 nitrogen and oxygen atoms in total. The minimum Gasteiger partial charge on any atom is -0.495 e. The molecule has 2 rings (SSSR count). The lowest BCUT2D eigenvalue weighted by Gasteiger charge is -2.16. The van der Waals surface area contributed by atoms with E-state index in [9.17, 15) is 4.79 Å². The molecule has 1 aromatic carbocycles. The molecule has 1 amide bonds. The van der Waals surface area contributed by atoms with Crippen LogP contribution in [-0.4, -0.2) is 26.2 Å². The van der Waals surface area contributed by atoms with Gasteiger partial charge in [-0.15, -0.1) is 0 Å². The standard InChI is InChI=1S/C12H16N2O4/c1-3-8-17-11-13-14(12(15)18-11)9-6-4-5-7-10(9)16-2/h4-7,11,13H,3,8H2,1-2H3. The number of hydrazine groups is 1. The topological polar surface area (TPSA) is 60.0 Å². The smallest absolute Gasteiger partial charge is 0.432 e. The summed E-state index contributed by atoms with van der Waals surface area (Å²) in [6.45, 7) is 2.50. The second kappa shape index (κ2) is 5.70. The summed E-state index contributed by atoms with van der Waals surface area (Å²) in [5.74, 6) is 0.582. The first-order valence-electron chi connectivity index (χ1n) is 5.77. The highest BCUT2D eigenvalue weighted by molar-refractivity contribution is 5.90. The molecule has 0 spiro atoms. The van der Waals surface area contributed by atoms with Gasteiger partial charge in [-0.3, -0.25) is 0 Å². The lowest BCUT2D eigenvalue weighted by atomic mass is 10.3. The Bertz CT molecular complexity index is 424. The summed E-state index contributed by atoms with van der Waals surface area (Å²) in [7, 11) is 1.55. The van der Waals surface area contributed by atoms with Gasteiger partial charge in [0.15, 0.2) is 0 Å². The third-order valence-corrected chi connectivity index (χ3v) is 2.42. The molecule has 1 fully saturated rings. The van der Waals surface area contributed by atoms with Gasteiger partial charge in [-0.05, 0) is 18.6 Å². The molecule has 0 radical (unpaired) electrons. The van der Waals surface area contributed by atoms with Crippen LogP contribution in [0.1, 0.15) is 13.3 Å². The maximum Gasteiger partial charge on any atom is 0.432 e. The molecule has 18 heavy (non-hydrogen) atoms. The second-order valence-corrected chi connectivity index (χ2v) is 3.72. The molecule has 1 aromatic rings. The van der Waals surface area contributed by atoms with E-state index in [1.165, 1.54) is 5.01 Å². The summed E-state index contributed by atoms with van der Waals surface area (Å²) in [5, 5.41) is 1.28. The van der Waals surface area contributed by atoms with Gasteiger partial charge in [-0.25, -0.2) is 9.80 Å². The van der Waals surface area contributed by atoms with E-state index in [1.807, 2.05) is 19.1 Å². The summed E-state index contributed by atoms with van der Waals surface area (Å²) in [6.07, 6.45) is -0.410. The van der Waals surface area contributed by atoms with Gasteiger partial charge in [0.1, 0.15) is 11.4 Å². The van der Waals surface area contributed by atoms with E-state index >= 15 is 0 Å². The monoisotopic (exact) mass is 252 g/mol. The van der Waals surface area contributed by atoms with Gasteiger partial charge < -0.3 is 14.2 Å². The van der Waals surface area contributed by atoms with Crippen LogP contribution in [0.2, 0.25) is 0 Å². The molecule has 0 aromatic heterocycles. The predicted molar refractivity (Wildman–Crippen MR) is 65.1 cm³/mol. The first kappa shape index (κ1) is 12.7. The van der Waals surface area contributed by atoms with Gasteiger partial charge in [0.25, 0.3) is 6.41 Å². The van der Waals surface area contributed by atoms with Crippen molar-refractivity contribution < 1.29 is 19.0 Å². The molecule has 1 saturated heterocycles. The Kier molecular flexibility index (Phi) is 4.01. The van der Waals surface area contributed by atoms with Crippen molar-refractivity contribution in [2.75, 3.05) is 18.7 Å². The van der Waals surface area contributed by atoms with Gasteiger partial charge in [-0.1, -0.05) is 19.1 Å². The van der Waals surface area contributed by atoms with Crippen LogP contribution in [0, 0.1) is 0 Å². The number of anilines is 1. The van der Waals surface area contributed by atoms with Gasteiger partial charge in [-0.2, -0.15) is 5.43 Å². The number of hydrogen-bond acceptors (Lipinski definition) is 5. The van der Waals surface area contributed by atoms with E-state index in [0.29, 0.717) is 18.0 Å².